The van der Waals surface area contributed by atoms with Crippen molar-refractivity contribution < 1.29 is 9.18 Å². The second kappa shape index (κ2) is 9.01. The van der Waals surface area contributed by atoms with E-state index in [1.807, 2.05) is 24.4 Å². The highest BCUT2D eigenvalue weighted by Gasteiger charge is 2.19. The van der Waals surface area contributed by atoms with Gasteiger partial charge in [-0.25, -0.2) is 14.3 Å². The number of benzene rings is 1. The molecule has 1 amide bonds. The molecule has 0 fully saturated rings. The fourth-order valence-electron chi connectivity index (χ4n) is 2.60. The SMILES string of the molecule is CCCn1c(SCC(=O)N[C@H](c2ccc(F)cc2)c2cccs2)n[nH]c1=O. The maximum atomic E-state index is 13.2. The molecule has 0 spiro atoms. The molecule has 0 aliphatic heterocycles. The van der Waals surface area contributed by atoms with Crippen LogP contribution in [0.3, 0.4) is 0 Å². The van der Waals surface area contributed by atoms with Crippen LogP contribution in [-0.2, 0) is 11.3 Å². The second-order valence-electron chi connectivity index (χ2n) is 5.82. The Hall–Kier alpha value is -2.39. The van der Waals surface area contributed by atoms with Crippen molar-refractivity contribution in [1.82, 2.24) is 20.1 Å². The van der Waals surface area contributed by atoms with Crippen LogP contribution in [-0.4, -0.2) is 26.4 Å². The summed E-state index contributed by atoms with van der Waals surface area (Å²) in [6, 6.07) is 9.58. The zero-order valence-corrected chi connectivity index (χ0v) is 16.3. The first-order valence-corrected chi connectivity index (χ1v) is 10.3. The Balaban J connectivity index is 1.70. The van der Waals surface area contributed by atoms with Crippen LogP contribution in [0, 0.1) is 5.82 Å². The predicted molar refractivity (Wildman–Crippen MR) is 105 cm³/mol. The van der Waals surface area contributed by atoms with Crippen LogP contribution >= 0.6 is 23.1 Å². The van der Waals surface area contributed by atoms with Gasteiger partial charge in [-0.2, -0.15) is 0 Å². The van der Waals surface area contributed by atoms with Gasteiger partial charge in [0.05, 0.1) is 11.8 Å². The van der Waals surface area contributed by atoms with E-state index in [4.69, 9.17) is 0 Å². The van der Waals surface area contributed by atoms with Gasteiger partial charge in [-0.15, -0.1) is 16.4 Å². The van der Waals surface area contributed by atoms with Gasteiger partial charge in [-0.05, 0) is 35.6 Å². The lowest BCUT2D eigenvalue weighted by Gasteiger charge is -2.18. The third-order valence-electron chi connectivity index (χ3n) is 3.84. The van der Waals surface area contributed by atoms with E-state index in [-0.39, 0.29) is 29.2 Å². The van der Waals surface area contributed by atoms with Gasteiger partial charge >= 0.3 is 5.69 Å². The quantitative estimate of drug-likeness (QED) is 0.563. The zero-order chi connectivity index (χ0) is 19.2. The summed E-state index contributed by atoms with van der Waals surface area (Å²) in [7, 11) is 0. The van der Waals surface area contributed by atoms with E-state index in [9.17, 15) is 14.0 Å². The van der Waals surface area contributed by atoms with Gasteiger partial charge in [0.25, 0.3) is 0 Å². The lowest BCUT2D eigenvalue weighted by atomic mass is 10.1. The maximum absolute atomic E-state index is 13.2. The molecule has 1 atom stereocenters. The smallest absolute Gasteiger partial charge is 0.343 e. The lowest BCUT2D eigenvalue weighted by Crippen LogP contribution is -2.30. The highest BCUT2D eigenvalue weighted by Crippen LogP contribution is 2.26. The van der Waals surface area contributed by atoms with Crippen molar-refractivity contribution in [3.8, 4) is 0 Å². The van der Waals surface area contributed by atoms with E-state index in [1.54, 1.807) is 12.1 Å². The summed E-state index contributed by atoms with van der Waals surface area (Å²) in [5.41, 5.74) is 0.530. The van der Waals surface area contributed by atoms with Gasteiger partial charge in [0.2, 0.25) is 5.91 Å². The molecule has 9 heteroatoms. The highest BCUT2D eigenvalue weighted by molar-refractivity contribution is 7.99. The minimum absolute atomic E-state index is 0.122. The Bertz CT molecular complexity index is 935. The Morgan fingerprint density at radius 3 is 2.81 bits per heavy atom. The van der Waals surface area contributed by atoms with Crippen LogP contribution in [0.2, 0.25) is 0 Å². The molecule has 0 saturated heterocycles. The first kappa shape index (κ1) is 19.4. The van der Waals surface area contributed by atoms with Crippen molar-refractivity contribution in [3.63, 3.8) is 0 Å². The zero-order valence-electron chi connectivity index (χ0n) is 14.6. The molecule has 142 valence electrons. The maximum Gasteiger partial charge on any atom is 0.343 e. The molecule has 6 nitrogen and oxygen atoms in total. The number of amides is 1. The highest BCUT2D eigenvalue weighted by atomic mass is 32.2. The molecule has 0 aliphatic rings. The number of nitrogens with one attached hydrogen (secondary N) is 2. The normalized spacial score (nSPS) is 12.1. The van der Waals surface area contributed by atoms with Gasteiger partial charge in [-0.3, -0.25) is 9.36 Å². The van der Waals surface area contributed by atoms with Gasteiger partial charge < -0.3 is 5.32 Å². The van der Waals surface area contributed by atoms with E-state index < -0.39 is 0 Å². The average molecular weight is 407 g/mol. The number of hydrogen-bond donors (Lipinski definition) is 2. The first-order valence-electron chi connectivity index (χ1n) is 8.44. The van der Waals surface area contributed by atoms with E-state index >= 15 is 0 Å². The monoisotopic (exact) mass is 406 g/mol. The van der Waals surface area contributed by atoms with E-state index in [0.29, 0.717) is 11.7 Å². The Morgan fingerprint density at radius 2 is 2.15 bits per heavy atom. The van der Waals surface area contributed by atoms with Gasteiger partial charge in [0.1, 0.15) is 5.82 Å². The number of thiophene rings is 1. The Morgan fingerprint density at radius 1 is 1.37 bits per heavy atom. The molecule has 0 aliphatic carbocycles. The number of hydrogen-bond acceptors (Lipinski definition) is 5. The molecule has 0 unspecified atom stereocenters. The predicted octanol–water partition coefficient (Wildman–Crippen LogP) is 3.18. The molecule has 0 bridgehead atoms. The number of halogens is 1. The lowest BCUT2D eigenvalue weighted by molar-refractivity contribution is -0.119. The van der Waals surface area contributed by atoms with E-state index in [1.165, 1.54) is 39.8 Å². The summed E-state index contributed by atoms with van der Waals surface area (Å²) < 4.78 is 14.8. The first-order chi connectivity index (χ1) is 13.1. The number of aromatic amines is 1. The number of nitrogens with zero attached hydrogens (tertiary/aromatic N) is 2. The number of H-pyrrole nitrogens is 1. The van der Waals surface area contributed by atoms with Crippen LogP contribution in [0.25, 0.3) is 0 Å². The van der Waals surface area contributed by atoms with Crippen LogP contribution in [0.15, 0.2) is 51.7 Å². The van der Waals surface area contributed by atoms with Crippen LogP contribution in [0.5, 0.6) is 0 Å². The molecule has 2 aromatic heterocycles. The average Bonchev–Trinajstić information content (AvgIpc) is 3.30. The summed E-state index contributed by atoms with van der Waals surface area (Å²) >= 11 is 2.73. The Labute approximate surface area is 163 Å². The largest absolute Gasteiger partial charge is 0.344 e. The van der Waals surface area contributed by atoms with Crippen molar-refractivity contribution in [2.24, 2.45) is 0 Å². The van der Waals surface area contributed by atoms with Crippen molar-refractivity contribution in [2.45, 2.75) is 31.1 Å². The van der Waals surface area contributed by atoms with Crippen molar-refractivity contribution in [2.75, 3.05) is 5.75 Å². The summed E-state index contributed by atoms with van der Waals surface area (Å²) in [5, 5.41) is 11.8. The minimum Gasteiger partial charge on any atom is -0.344 e. The molecular weight excluding hydrogens is 387 g/mol. The standard InChI is InChI=1S/C18H19FN4O2S2/c1-2-9-23-17(25)21-22-18(23)27-11-15(24)20-16(14-4-3-10-26-14)12-5-7-13(19)8-6-12/h3-8,10,16H,2,9,11H2,1H3,(H,20,24)(H,21,25)/t16-/m1/s1. The van der Waals surface area contributed by atoms with Crippen LogP contribution in [0.1, 0.15) is 29.8 Å². The fourth-order valence-corrected chi connectivity index (χ4v) is 4.18. The fraction of sp³-hybridized carbons (Fsp3) is 0.278. The third kappa shape index (κ3) is 4.86. The van der Waals surface area contributed by atoms with Crippen molar-refractivity contribution in [1.29, 1.82) is 0 Å². The van der Waals surface area contributed by atoms with Gasteiger partial charge in [-0.1, -0.05) is 36.9 Å². The van der Waals surface area contributed by atoms with E-state index in [2.05, 4.69) is 15.5 Å². The molecule has 0 radical (unpaired) electrons. The summed E-state index contributed by atoms with van der Waals surface area (Å²) in [5.74, 6) is -0.393. The second-order valence-corrected chi connectivity index (χ2v) is 7.74. The summed E-state index contributed by atoms with van der Waals surface area (Å²) in [4.78, 5) is 25.2. The molecule has 27 heavy (non-hydrogen) atoms. The third-order valence-corrected chi connectivity index (χ3v) is 5.75. The van der Waals surface area contributed by atoms with Gasteiger partial charge in [0.15, 0.2) is 5.16 Å². The molecular formula is C18H19FN4O2S2. The van der Waals surface area contributed by atoms with Crippen molar-refractivity contribution >= 4 is 29.0 Å². The van der Waals surface area contributed by atoms with E-state index in [0.717, 1.165) is 16.9 Å². The number of aromatic nitrogens is 3. The number of rotatable bonds is 8. The molecule has 1 aromatic carbocycles. The number of carbonyl (C=O) groups excluding carboxylic acids is 1. The van der Waals surface area contributed by atoms with Crippen LogP contribution < -0.4 is 11.0 Å². The van der Waals surface area contributed by atoms with Crippen LogP contribution in [0.4, 0.5) is 4.39 Å². The molecule has 3 rings (SSSR count). The molecule has 2 heterocycles. The number of carbonyl (C=O) groups is 1. The topological polar surface area (TPSA) is 79.8 Å². The van der Waals surface area contributed by atoms with Gasteiger partial charge in [0, 0.05) is 11.4 Å². The summed E-state index contributed by atoms with van der Waals surface area (Å²) in [6.45, 7) is 2.52. The number of thioether (sulfide) groups is 1. The Kier molecular flexibility index (Phi) is 6.46. The molecule has 2 N–H and O–H groups in total. The molecule has 0 saturated carbocycles. The minimum atomic E-state index is -0.351. The van der Waals surface area contributed by atoms with Crippen molar-refractivity contribution in [3.05, 3.63) is 68.5 Å². The molecule has 3 aromatic rings. The summed E-state index contributed by atoms with van der Waals surface area (Å²) in [6.07, 6.45) is 0.796.